The van der Waals surface area contributed by atoms with Gasteiger partial charge >= 0.3 is 0 Å². The summed E-state index contributed by atoms with van der Waals surface area (Å²) < 4.78 is 13.7. The van der Waals surface area contributed by atoms with Crippen molar-refractivity contribution in [2.24, 2.45) is 11.8 Å². The van der Waals surface area contributed by atoms with E-state index in [-0.39, 0.29) is 23.5 Å². The van der Waals surface area contributed by atoms with E-state index >= 15 is 0 Å². The smallest absolute Gasteiger partial charge is 0.268 e. The van der Waals surface area contributed by atoms with E-state index in [1.165, 1.54) is 31.0 Å². The van der Waals surface area contributed by atoms with Gasteiger partial charge in [-0.05, 0) is 30.9 Å². The van der Waals surface area contributed by atoms with E-state index in [2.05, 4.69) is 27.9 Å². The Balaban J connectivity index is 0.000000690. The molecule has 0 spiro atoms. The van der Waals surface area contributed by atoms with Crippen molar-refractivity contribution in [2.75, 3.05) is 19.7 Å². The Bertz CT molecular complexity index is 1030. The second kappa shape index (κ2) is 11.0. The molecule has 2 aromatic rings. The summed E-state index contributed by atoms with van der Waals surface area (Å²) in [5, 5.41) is 17.1. The monoisotopic (exact) mass is 460 g/mol. The fourth-order valence-electron chi connectivity index (χ4n) is 3.44. The summed E-state index contributed by atoms with van der Waals surface area (Å²) in [6.07, 6.45) is 3.59. The second-order valence-corrected chi connectivity index (χ2v) is 8.51. The van der Waals surface area contributed by atoms with Crippen molar-refractivity contribution in [3.8, 4) is 0 Å². The summed E-state index contributed by atoms with van der Waals surface area (Å²) in [6, 6.07) is 4.85. The van der Waals surface area contributed by atoms with E-state index in [4.69, 9.17) is 5.11 Å². The number of H-pyrrole nitrogens is 1. The average Bonchev–Trinajstić information content (AvgIpc) is 3.28. The Morgan fingerprint density at radius 1 is 1.24 bits per heavy atom. The lowest BCUT2D eigenvalue weighted by atomic mass is 9.96. The van der Waals surface area contributed by atoms with Crippen molar-refractivity contribution in [1.82, 2.24) is 20.9 Å². The zero-order valence-electron chi connectivity index (χ0n) is 18.4. The molecule has 2 atom stereocenters. The van der Waals surface area contributed by atoms with Gasteiger partial charge in [-0.25, -0.2) is 4.39 Å². The highest BCUT2D eigenvalue weighted by Crippen LogP contribution is 2.26. The van der Waals surface area contributed by atoms with Crippen molar-refractivity contribution in [3.63, 3.8) is 0 Å². The van der Waals surface area contributed by atoms with Crippen LogP contribution >= 0.6 is 0 Å². The molecule has 33 heavy (non-hydrogen) atoms. The zero-order valence-corrected chi connectivity index (χ0v) is 18.4. The van der Waals surface area contributed by atoms with E-state index in [0.29, 0.717) is 18.4 Å². The molecule has 9 nitrogen and oxygen atoms in total. The first-order chi connectivity index (χ1) is 15.8. The number of amides is 3. The van der Waals surface area contributed by atoms with Crippen LogP contribution in [0.25, 0.3) is 10.9 Å². The summed E-state index contributed by atoms with van der Waals surface area (Å²) in [5.41, 5.74) is 0.272. The van der Waals surface area contributed by atoms with Crippen LogP contribution in [0.3, 0.4) is 0 Å². The highest BCUT2D eigenvalue weighted by atomic mass is 19.1. The zero-order chi connectivity index (χ0) is 24.0. The van der Waals surface area contributed by atoms with Crippen molar-refractivity contribution in [2.45, 2.75) is 38.6 Å². The number of halogens is 1. The maximum Gasteiger partial charge on any atom is 0.268 e. The molecule has 10 heteroatoms. The van der Waals surface area contributed by atoms with Gasteiger partial charge in [0, 0.05) is 17.8 Å². The van der Waals surface area contributed by atoms with E-state index < -0.39 is 48.5 Å². The van der Waals surface area contributed by atoms with E-state index in [1.54, 1.807) is 6.07 Å². The molecule has 2 heterocycles. The highest BCUT2D eigenvalue weighted by Gasteiger charge is 2.31. The quantitative estimate of drug-likeness (QED) is 0.400. The summed E-state index contributed by atoms with van der Waals surface area (Å²) in [5.74, 6) is -1.92. The van der Waals surface area contributed by atoms with Crippen LogP contribution in [0.15, 0.2) is 24.3 Å². The second-order valence-electron chi connectivity index (χ2n) is 8.51. The molecule has 1 aromatic carbocycles. The standard InChI is InChI=1S/C19H21FN4O5.C4H8/c20-12-3-1-2-10-6-14(24-17(10)12)19(29)22-8-16(27)23-13(15(26)9-25)7-11-4-5-21-18(11)28;1-4-2-3-4/h1-3,6,11,13,24-25H,4-5,7-9H2,(H,21,28)(H,22,29)(H,23,27);4H,2-3H2,1H3. The molecule has 4 rings (SSSR count). The first kappa shape index (κ1) is 24.4. The third-order valence-corrected chi connectivity index (χ3v) is 5.69. The molecule has 5 N–H and O–H groups in total. The number of hydrogen-bond donors (Lipinski definition) is 5. The molecule has 1 aliphatic heterocycles. The molecule has 0 radical (unpaired) electrons. The Kier molecular flexibility index (Phi) is 8.16. The van der Waals surface area contributed by atoms with E-state index in [9.17, 15) is 23.6 Å². The van der Waals surface area contributed by atoms with Crippen LogP contribution in [0.5, 0.6) is 0 Å². The maximum absolute atomic E-state index is 13.7. The minimum Gasteiger partial charge on any atom is -0.389 e. The van der Waals surface area contributed by atoms with Gasteiger partial charge in [0.15, 0.2) is 5.78 Å². The SMILES string of the molecule is CC1CC1.O=C(CNC(=O)c1cc2cccc(F)c2[nH]1)NC(CC1CCNC1=O)C(=O)CO. The van der Waals surface area contributed by atoms with Gasteiger partial charge in [-0.3, -0.25) is 19.2 Å². The minimum atomic E-state index is -1.03. The molecule has 0 bridgehead atoms. The fraction of sp³-hybridized carbons (Fsp3) is 0.478. The number of ketones is 1. The predicted molar refractivity (Wildman–Crippen MR) is 119 cm³/mol. The van der Waals surface area contributed by atoms with Gasteiger partial charge in [0.2, 0.25) is 11.8 Å². The lowest BCUT2D eigenvalue weighted by molar-refractivity contribution is -0.130. The van der Waals surface area contributed by atoms with Crippen LogP contribution in [0.2, 0.25) is 0 Å². The molecule has 2 fully saturated rings. The summed E-state index contributed by atoms with van der Waals surface area (Å²) in [4.78, 5) is 50.6. The van der Waals surface area contributed by atoms with Gasteiger partial charge in [-0.15, -0.1) is 0 Å². The van der Waals surface area contributed by atoms with Crippen molar-refractivity contribution >= 4 is 34.4 Å². The predicted octanol–water partition coefficient (Wildman–Crippen LogP) is 1.03. The molecule has 2 aliphatic rings. The number of carbonyl (C=O) groups is 4. The van der Waals surface area contributed by atoms with Crippen LogP contribution in [-0.2, 0) is 14.4 Å². The van der Waals surface area contributed by atoms with Crippen molar-refractivity contribution in [1.29, 1.82) is 0 Å². The summed E-state index contributed by atoms with van der Waals surface area (Å²) >= 11 is 0. The first-order valence-electron chi connectivity index (χ1n) is 11.0. The first-order valence-corrected chi connectivity index (χ1v) is 11.0. The summed E-state index contributed by atoms with van der Waals surface area (Å²) in [7, 11) is 0. The third kappa shape index (κ3) is 6.85. The van der Waals surface area contributed by atoms with Gasteiger partial charge in [-0.1, -0.05) is 31.9 Å². The number of para-hydroxylation sites is 1. The molecule has 178 valence electrons. The number of aromatic amines is 1. The van der Waals surface area contributed by atoms with Gasteiger partial charge in [0.25, 0.3) is 5.91 Å². The number of aromatic nitrogens is 1. The lowest BCUT2D eigenvalue weighted by Gasteiger charge is -2.19. The van der Waals surface area contributed by atoms with Crippen molar-refractivity contribution < 1.29 is 28.7 Å². The number of carbonyl (C=O) groups excluding carboxylic acids is 4. The van der Waals surface area contributed by atoms with Crippen molar-refractivity contribution in [3.05, 3.63) is 35.8 Å². The lowest BCUT2D eigenvalue weighted by Crippen LogP contribution is -2.47. The summed E-state index contributed by atoms with van der Waals surface area (Å²) in [6.45, 7) is 1.58. The molecule has 1 saturated carbocycles. The number of nitrogens with one attached hydrogen (secondary N) is 4. The number of hydrogen-bond acceptors (Lipinski definition) is 5. The average molecular weight is 461 g/mol. The number of aliphatic hydroxyl groups is 1. The Labute approximate surface area is 190 Å². The number of benzene rings is 1. The van der Waals surface area contributed by atoms with Gasteiger partial charge < -0.3 is 26.0 Å². The topological polar surface area (TPSA) is 140 Å². The molecule has 1 aliphatic carbocycles. The number of fused-ring (bicyclic) bond motifs is 1. The largest absolute Gasteiger partial charge is 0.389 e. The van der Waals surface area contributed by atoms with Gasteiger partial charge in [0.1, 0.15) is 18.1 Å². The highest BCUT2D eigenvalue weighted by molar-refractivity contribution is 6.00. The molecule has 3 amide bonds. The van der Waals surface area contributed by atoms with Crippen LogP contribution in [-0.4, -0.2) is 59.3 Å². The number of aliphatic hydroxyl groups excluding tert-OH is 1. The Hall–Kier alpha value is -3.27. The molecule has 1 aromatic heterocycles. The fourth-order valence-corrected chi connectivity index (χ4v) is 3.44. The van der Waals surface area contributed by atoms with Crippen LogP contribution in [0.4, 0.5) is 4.39 Å². The van der Waals surface area contributed by atoms with E-state index in [0.717, 1.165) is 5.92 Å². The van der Waals surface area contributed by atoms with Crippen LogP contribution in [0.1, 0.15) is 43.1 Å². The maximum atomic E-state index is 13.7. The molecular weight excluding hydrogens is 431 g/mol. The molecule has 2 unspecified atom stereocenters. The normalized spacial score (nSPS) is 18.2. The third-order valence-electron chi connectivity index (χ3n) is 5.69. The molecule has 1 saturated heterocycles. The van der Waals surface area contributed by atoms with Crippen LogP contribution < -0.4 is 16.0 Å². The number of Topliss-reactive ketones (excluding diaryl/α,β-unsaturated/α-hetero) is 1. The minimum absolute atomic E-state index is 0.0756. The van der Waals surface area contributed by atoms with Gasteiger partial charge in [0.05, 0.1) is 18.1 Å². The van der Waals surface area contributed by atoms with Gasteiger partial charge in [-0.2, -0.15) is 0 Å². The number of rotatable bonds is 8. The molecular formula is C23H29FN4O5. The van der Waals surface area contributed by atoms with E-state index in [1.807, 2.05) is 0 Å². The Morgan fingerprint density at radius 2 is 1.97 bits per heavy atom. The Morgan fingerprint density at radius 3 is 2.55 bits per heavy atom. The van der Waals surface area contributed by atoms with Crippen LogP contribution in [0, 0.1) is 17.7 Å².